The van der Waals surface area contributed by atoms with Gasteiger partial charge in [-0.3, -0.25) is 0 Å². The first-order chi connectivity index (χ1) is 5.31. The van der Waals surface area contributed by atoms with E-state index in [0.717, 1.165) is 0 Å². The molecule has 1 atom stereocenters. The zero-order valence-corrected chi connectivity index (χ0v) is 6.46. The summed E-state index contributed by atoms with van der Waals surface area (Å²) >= 11 is 0. The lowest BCUT2D eigenvalue weighted by Crippen LogP contribution is -2.34. The largest absolute Gasteiger partial charge is 0.390 e. The molecule has 0 amide bonds. The van der Waals surface area contributed by atoms with E-state index >= 15 is 0 Å². The summed E-state index contributed by atoms with van der Waals surface area (Å²) in [5.74, 6) is 0. The lowest BCUT2D eigenvalue weighted by atomic mass is 10.2. The molecule has 0 aromatic carbocycles. The highest BCUT2D eigenvalue weighted by atomic mass is 19.4. The molecule has 0 aliphatic heterocycles. The van der Waals surface area contributed by atoms with E-state index in [4.69, 9.17) is 0 Å². The fraction of sp³-hybridized carbons (Fsp3) is 1.00. The minimum atomic E-state index is -4.30. The van der Waals surface area contributed by atoms with Crippen LogP contribution in [0.4, 0.5) is 22.0 Å². The molecule has 6 heteroatoms. The van der Waals surface area contributed by atoms with Crippen LogP contribution in [0.25, 0.3) is 0 Å². The highest BCUT2D eigenvalue weighted by molar-refractivity contribution is 4.65. The Morgan fingerprint density at radius 1 is 1.25 bits per heavy atom. The molecule has 0 aromatic heterocycles. The van der Waals surface area contributed by atoms with Gasteiger partial charge in [0, 0.05) is 6.04 Å². The van der Waals surface area contributed by atoms with Gasteiger partial charge in [-0.2, -0.15) is 13.2 Å². The number of hydrogen-bond donors (Lipinski definition) is 1. The van der Waals surface area contributed by atoms with Crippen molar-refractivity contribution in [2.75, 3.05) is 6.54 Å². The van der Waals surface area contributed by atoms with Crippen molar-refractivity contribution in [3.8, 4) is 0 Å². The molecule has 74 valence electrons. The third-order valence-electron chi connectivity index (χ3n) is 1.16. The van der Waals surface area contributed by atoms with Gasteiger partial charge in [-0.1, -0.05) is 0 Å². The van der Waals surface area contributed by atoms with E-state index in [9.17, 15) is 22.0 Å². The molecule has 1 N–H and O–H groups in total. The van der Waals surface area contributed by atoms with Crippen LogP contribution in [0.15, 0.2) is 0 Å². The second kappa shape index (κ2) is 4.59. The van der Waals surface area contributed by atoms with Crippen LogP contribution in [0.1, 0.15) is 13.3 Å². The summed E-state index contributed by atoms with van der Waals surface area (Å²) in [5, 5.41) is 2.07. The molecule has 0 heterocycles. The average molecular weight is 191 g/mol. The Balaban J connectivity index is 3.53. The van der Waals surface area contributed by atoms with Gasteiger partial charge in [0.2, 0.25) is 0 Å². The second-order valence-electron chi connectivity index (χ2n) is 2.52. The van der Waals surface area contributed by atoms with Gasteiger partial charge in [0.1, 0.15) is 0 Å². The molecule has 0 aliphatic carbocycles. The molecule has 0 spiro atoms. The summed E-state index contributed by atoms with van der Waals surface area (Å²) in [4.78, 5) is 0. The van der Waals surface area contributed by atoms with Crippen molar-refractivity contribution in [1.82, 2.24) is 5.32 Å². The molecule has 0 rings (SSSR count). The summed E-state index contributed by atoms with van der Waals surface area (Å²) in [7, 11) is 0. The van der Waals surface area contributed by atoms with Crippen molar-refractivity contribution in [1.29, 1.82) is 0 Å². The number of hydrogen-bond acceptors (Lipinski definition) is 1. The minimum absolute atomic E-state index is 0.697. The molecule has 1 nitrogen and oxygen atoms in total. The van der Waals surface area contributed by atoms with Crippen LogP contribution in [0, 0.1) is 0 Å². The van der Waals surface area contributed by atoms with Crippen molar-refractivity contribution in [2.45, 2.75) is 32.0 Å². The smallest absolute Gasteiger partial charge is 0.309 e. The maximum atomic E-state index is 11.6. The predicted molar refractivity (Wildman–Crippen MR) is 34.1 cm³/mol. The summed E-state index contributed by atoms with van der Waals surface area (Å²) in [6.45, 7) is 0.521. The molecular formula is C6H10F5N. The van der Waals surface area contributed by atoms with E-state index in [0.29, 0.717) is 0 Å². The molecule has 12 heavy (non-hydrogen) atoms. The summed E-state index contributed by atoms with van der Waals surface area (Å²) in [5.41, 5.74) is 0. The van der Waals surface area contributed by atoms with Crippen LogP contribution < -0.4 is 5.32 Å². The lowest BCUT2D eigenvalue weighted by Gasteiger charge is -2.14. The molecule has 0 saturated carbocycles. The van der Waals surface area contributed by atoms with E-state index in [1.54, 1.807) is 0 Å². The monoisotopic (exact) mass is 191 g/mol. The third kappa shape index (κ3) is 7.71. The molecule has 0 fully saturated rings. The van der Waals surface area contributed by atoms with Gasteiger partial charge in [0.25, 0.3) is 6.43 Å². The Labute approximate surface area is 66.9 Å². The van der Waals surface area contributed by atoms with Gasteiger partial charge in [-0.15, -0.1) is 0 Å². The predicted octanol–water partition coefficient (Wildman–Crippen LogP) is 2.18. The van der Waals surface area contributed by atoms with Crippen LogP contribution in [0.3, 0.4) is 0 Å². The summed E-state index contributed by atoms with van der Waals surface area (Å²) in [6.07, 6.45) is -7.99. The van der Waals surface area contributed by atoms with Crippen molar-refractivity contribution in [3.05, 3.63) is 0 Å². The topological polar surface area (TPSA) is 12.0 Å². The number of halogens is 5. The van der Waals surface area contributed by atoms with E-state index in [-0.39, 0.29) is 0 Å². The first kappa shape index (κ1) is 11.6. The molecule has 0 aliphatic rings. The second-order valence-corrected chi connectivity index (χ2v) is 2.52. The van der Waals surface area contributed by atoms with Crippen molar-refractivity contribution < 1.29 is 22.0 Å². The fourth-order valence-corrected chi connectivity index (χ4v) is 0.710. The van der Waals surface area contributed by atoms with Gasteiger partial charge in [0.15, 0.2) is 0 Å². The SMILES string of the molecule is CC(CC(F)(F)F)NCC(F)F. The van der Waals surface area contributed by atoms with Crippen LogP contribution in [-0.4, -0.2) is 25.2 Å². The van der Waals surface area contributed by atoms with E-state index < -0.39 is 31.6 Å². The number of nitrogens with one attached hydrogen (secondary N) is 1. The molecule has 0 aromatic rings. The summed E-state index contributed by atoms with van der Waals surface area (Å²) in [6, 6.07) is -0.959. The molecule has 0 saturated heterocycles. The van der Waals surface area contributed by atoms with E-state index in [1.807, 2.05) is 0 Å². The fourth-order valence-electron chi connectivity index (χ4n) is 0.710. The zero-order chi connectivity index (χ0) is 9.78. The molecular weight excluding hydrogens is 181 g/mol. The van der Waals surface area contributed by atoms with Crippen LogP contribution >= 0.6 is 0 Å². The standard InChI is InChI=1S/C6H10F5N/c1-4(2-6(9,10)11)12-3-5(7)8/h4-5,12H,2-3H2,1H3. The molecule has 0 radical (unpaired) electrons. The third-order valence-corrected chi connectivity index (χ3v) is 1.16. The van der Waals surface area contributed by atoms with Crippen LogP contribution in [0.5, 0.6) is 0 Å². The van der Waals surface area contributed by atoms with Gasteiger partial charge in [-0.25, -0.2) is 8.78 Å². The van der Waals surface area contributed by atoms with Gasteiger partial charge in [-0.05, 0) is 6.92 Å². The lowest BCUT2D eigenvalue weighted by molar-refractivity contribution is -0.139. The average Bonchev–Trinajstić information content (AvgIpc) is 1.79. The van der Waals surface area contributed by atoms with E-state index in [1.165, 1.54) is 6.92 Å². The summed E-state index contributed by atoms with van der Waals surface area (Å²) < 4.78 is 57.8. The van der Waals surface area contributed by atoms with Gasteiger partial charge < -0.3 is 5.32 Å². The number of rotatable bonds is 4. The maximum absolute atomic E-state index is 11.6. The highest BCUT2D eigenvalue weighted by Gasteiger charge is 2.29. The normalized spacial score (nSPS) is 15.2. The van der Waals surface area contributed by atoms with Crippen LogP contribution in [0.2, 0.25) is 0 Å². The minimum Gasteiger partial charge on any atom is -0.309 e. The molecule has 0 bridgehead atoms. The first-order valence-electron chi connectivity index (χ1n) is 3.39. The Bertz CT molecular complexity index is 122. The Morgan fingerprint density at radius 2 is 1.75 bits per heavy atom. The maximum Gasteiger partial charge on any atom is 0.390 e. The van der Waals surface area contributed by atoms with Crippen molar-refractivity contribution in [2.24, 2.45) is 0 Å². The Morgan fingerprint density at radius 3 is 2.08 bits per heavy atom. The number of alkyl halides is 5. The van der Waals surface area contributed by atoms with Gasteiger partial charge in [0.05, 0.1) is 13.0 Å². The van der Waals surface area contributed by atoms with Crippen LogP contribution in [-0.2, 0) is 0 Å². The molecule has 1 unspecified atom stereocenters. The van der Waals surface area contributed by atoms with E-state index in [2.05, 4.69) is 5.32 Å². The Kier molecular flexibility index (Phi) is 4.44. The zero-order valence-electron chi connectivity index (χ0n) is 6.46. The highest BCUT2D eigenvalue weighted by Crippen LogP contribution is 2.21. The Hall–Kier alpha value is -0.390. The van der Waals surface area contributed by atoms with Gasteiger partial charge >= 0.3 is 6.18 Å². The van der Waals surface area contributed by atoms with Crippen molar-refractivity contribution in [3.63, 3.8) is 0 Å². The van der Waals surface area contributed by atoms with Crippen molar-refractivity contribution >= 4 is 0 Å². The first-order valence-corrected chi connectivity index (χ1v) is 3.39. The quantitative estimate of drug-likeness (QED) is 0.671.